The fourth-order valence-corrected chi connectivity index (χ4v) is 3.73. The minimum absolute atomic E-state index is 0.152. The molecule has 0 saturated heterocycles. The maximum absolute atomic E-state index is 12.5. The molecule has 8 heteroatoms. The van der Waals surface area contributed by atoms with Gasteiger partial charge in [-0.3, -0.25) is 4.57 Å². The van der Waals surface area contributed by atoms with Crippen LogP contribution in [0.15, 0.2) is 0 Å². The van der Waals surface area contributed by atoms with E-state index in [2.05, 4.69) is 31.9 Å². The predicted octanol–water partition coefficient (Wildman–Crippen LogP) is 4.04. The van der Waals surface area contributed by atoms with Gasteiger partial charge in [0.25, 0.3) is 2.97 Å². The van der Waals surface area contributed by atoms with Gasteiger partial charge in [0, 0.05) is 0 Å². The highest BCUT2D eigenvalue weighted by molar-refractivity contribution is 9.27. The Hall–Kier alpha value is 0.580. The van der Waals surface area contributed by atoms with Crippen molar-refractivity contribution < 1.29 is 23.1 Å². The third-order valence-electron chi connectivity index (χ3n) is 1.59. The molecule has 0 heterocycles. The van der Waals surface area contributed by atoms with Crippen molar-refractivity contribution in [2.24, 2.45) is 0 Å². The first-order valence-corrected chi connectivity index (χ1v) is 8.63. The molecule has 0 aromatic heterocycles. The summed E-state index contributed by atoms with van der Waals surface area (Å²) in [6, 6.07) is 0. The van der Waals surface area contributed by atoms with Crippen LogP contribution in [0.3, 0.4) is 0 Å². The molecule has 0 aliphatic carbocycles. The van der Waals surface area contributed by atoms with Gasteiger partial charge in [0.1, 0.15) is 5.60 Å². The number of alkyl halides is 2. The van der Waals surface area contributed by atoms with Gasteiger partial charge in [0.05, 0.1) is 13.2 Å². The maximum atomic E-state index is 12.5. The van der Waals surface area contributed by atoms with Crippen LogP contribution in [-0.4, -0.2) is 27.8 Å². The quantitative estimate of drug-likeness (QED) is 0.376. The average Bonchev–Trinajstić information content (AvgIpc) is 2.15. The van der Waals surface area contributed by atoms with Crippen molar-refractivity contribution in [3.05, 3.63) is 0 Å². The molecule has 0 radical (unpaired) electrons. The summed E-state index contributed by atoms with van der Waals surface area (Å²) in [7, 11) is -3.71. The number of carbonyl (C=O) groups is 1. The third kappa shape index (κ3) is 4.93. The van der Waals surface area contributed by atoms with E-state index >= 15 is 0 Å². The summed E-state index contributed by atoms with van der Waals surface area (Å²) >= 11 is 6.11. The Balaban J connectivity index is 5.18. The standard InChI is InChI=1S/C10H19Br2O5P/c1-6-15-18(14,16-7-2)10(11,12)8(13)17-9(3,4)5/h6-7H2,1-5H3. The van der Waals surface area contributed by atoms with Crippen molar-refractivity contribution in [2.75, 3.05) is 13.2 Å². The van der Waals surface area contributed by atoms with Gasteiger partial charge in [-0.25, -0.2) is 4.79 Å². The van der Waals surface area contributed by atoms with Crippen LogP contribution in [0.5, 0.6) is 0 Å². The molecule has 108 valence electrons. The molecule has 18 heavy (non-hydrogen) atoms. The van der Waals surface area contributed by atoms with Gasteiger partial charge < -0.3 is 13.8 Å². The zero-order valence-electron chi connectivity index (χ0n) is 11.2. The molecule has 5 nitrogen and oxygen atoms in total. The molecule has 0 unspecified atom stereocenters. The number of carbonyl (C=O) groups excluding carboxylic acids is 1. The lowest BCUT2D eigenvalue weighted by Crippen LogP contribution is -2.35. The summed E-state index contributed by atoms with van der Waals surface area (Å²) in [4.78, 5) is 12.0. The molecule has 0 amide bonds. The van der Waals surface area contributed by atoms with Crippen LogP contribution in [-0.2, 0) is 23.1 Å². The zero-order valence-corrected chi connectivity index (χ0v) is 15.2. The Morgan fingerprint density at radius 3 is 1.78 bits per heavy atom. The Morgan fingerprint density at radius 2 is 1.50 bits per heavy atom. The molecule has 0 fully saturated rings. The first-order valence-electron chi connectivity index (χ1n) is 5.50. The van der Waals surface area contributed by atoms with E-state index < -0.39 is 22.1 Å². The summed E-state index contributed by atoms with van der Waals surface area (Å²) in [6.45, 7) is 8.78. The van der Waals surface area contributed by atoms with Crippen LogP contribution in [0, 0.1) is 0 Å². The lowest BCUT2D eigenvalue weighted by atomic mass is 10.2. The predicted molar refractivity (Wildman–Crippen MR) is 77.3 cm³/mol. The smallest absolute Gasteiger partial charge is 0.369 e. The van der Waals surface area contributed by atoms with Crippen molar-refractivity contribution in [3.63, 3.8) is 0 Å². The van der Waals surface area contributed by atoms with Gasteiger partial charge in [-0.1, -0.05) is 0 Å². The van der Waals surface area contributed by atoms with E-state index in [1.807, 2.05) is 0 Å². The van der Waals surface area contributed by atoms with E-state index in [4.69, 9.17) is 13.8 Å². The van der Waals surface area contributed by atoms with Crippen molar-refractivity contribution in [1.82, 2.24) is 0 Å². The molecular formula is C10H19Br2O5P. The highest BCUT2D eigenvalue weighted by Gasteiger charge is 2.55. The second kappa shape index (κ2) is 6.84. The van der Waals surface area contributed by atoms with Gasteiger partial charge in [0.15, 0.2) is 0 Å². The van der Waals surface area contributed by atoms with Gasteiger partial charge >= 0.3 is 13.6 Å². The summed E-state index contributed by atoms with van der Waals surface area (Å²) in [5.41, 5.74) is -0.701. The monoisotopic (exact) mass is 408 g/mol. The first-order chi connectivity index (χ1) is 8.00. The van der Waals surface area contributed by atoms with Gasteiger partial charge in [-0.05, 0) is 66.5 Å². The van der Waals surface area contributed by atoms with E-state index in [0.717, 1.165) is 0 Å². The molecule has 0 aliphatic rings. The van der Waals surface area contributed by atoms with Gasteiger partial charge in [0.2, 0.25) is 0 Å². The van der Waals surface area contributed by atoms with E-state index in [-0.39, 0.29) is 13.2 Å². The molecule has 0 N–H and O–H groups in total. The van der Waals surface area contributed by atoms with Crippen molar-refractivity contribution in [3.8, 4) is 0 Å². The molecule has 0 atom stereocenters. The van der Waals surface area contributed by atoms with Gasteiger partial charge in [-0.2, -0.15) is 0 Å². The molecule has 0 aromatic rings. The minimum atomic E-state index is -3.71. The maximum Gasteiger partial charge on any atom is 0.369 e. The number of hydrogen-bond donors (Lipinski definition) is 0. The molecule has 0 saturated carbocycles. The summed E-state index contributed by atoms with van der Waals surface area (Å²) < 4.78 is 26.2. The number of esters is 1. The normalized spacial score (nSPS) is 13.5. The zero-order chi connectivity index (χ0) is 14.6. The van der Waals surface area contributed by atoms with Crippen LogP contribution in [0.1, 0.15) is 34.6 Å². The topological polar surface area (TPSA) is 61.8 Å². The molecule has 0 aliphatic heterocycles. The number of rotatable bonds is 6. The van der Waals surface area contributed by atoms with Crippen LogP contribution in [0.25, 0.3) is 0 Å². The second-order valence-corrected chi connectivity index (χ2v) is 11.2. The molecule has 0 aromatic carbocycles. The van der Waals surface area contributed by atoms with E-state index in [1.54, 1.807) is 34.6 Å². The van der Waals surface area contributed by atoms with Crippen molar-refractivity contribution in [2.45, 2.75) is 43.2 Å². The first kappa shape index (κ1) is 18.6. The summed E-state index contributed by atoms with van der Waals surface area (Å²) in [6.07, 6.45) is 0. The molecule has 0 bridgehead atoms. The van der Waals surface area contributed by atoms with Crippen molar-refractivity contribution in [1.29, 1.82) is 0 Å². The van der Waals surface area contributed by atoms with Crippen LogP contribution >= 0.6 is 39.5 Å². The largest absolute Gasteiger partial charge is 0.458 e. The third-order valence-corrected chi connectivity index (χ3v) is 6.91. The molecule has 0 rings (SSSR count). The van der Waals surface area contributed by atoms with E-state index in [1.165, 1.54) is 0 Å². The second-order valence-electron chi connectivity index (χ2n) is 4.38. The lowest BCUT2D eigenvalue weighted by Gasteiger charge is -2.30. The lowest BCUT2D eigenvalue weighted by molar-refractivity contribution is -0.153. The minimum Gasteiger partial charge on any atom is -0.458 e. The Kier molecular flexibility index (Phi) is 7.06. The number of ether oxygens (including phenoxy) is 1. The average molecular weight is 410 g/mol. The van der Waals surface area contributed by atoms with Crippen LogP contribution in [0.2, 0.25) is 0 Å². The number of hydrogen-bond acceptors (Lipinski definition) is 5. The van der Waals surface area contributed by atoms with E-state index in [9.17, 15) is 9.36 Å². The van der Waals surface area contributed by atoms with E-state index in [0.29, 0.717) is 0 Å². The fourth-order valence-electron chi connectivity index (χ4n) is 0.991. The SMILES string of the molecule is CCOP(=O)(OCC)C(Br)(Br)C(=O)OC(C)(C)C. The summed E-state index contributed by atoms with van der Waals surface area (Å²) in [5, 5.41) is 0. The Morgan fingerprint density at radius 1 is 1.11 bits per heavy atom. The summed E-state index contributed by atoms with van der Waals surface area (Å²) in [5.74, 6) is -0.750. The highest BCUT2D eigenvalue weighted by Crippen LogP contribution is 2.66. The number of halogens is 2. The van der Waals surface area contributed by atoms with Gasteiger partial charge in [-0.15, -0.1) is 0 Å². The Labute approximate surface area is 125 Å². The highest BCUT2D eigenvalue weighted by atomic mass is 79.9. The molecular weight excluding hydrogens is 391 g/mol. The molecule has 0 spiro atoms. The Bertz CT molecular complexity index is 328. The fraction of sp³-hybridized carbons (Fsp3) is 0.900. The van der Waals surface area contributed by atoms with Crippen LogP contribution in [0.4, 0.5) is 0 Å². The van der Waals surface area contributed by atoms with Crippen molar-refractivity contribution >= 4 is 45.4 Å². The van der Waals surface area contributed by atoms with Crippen LogP contribution < -0.4 is 0 Å².